The summed E-state index contributed by atoms with van der Waals surface area (Å²) in [5, 5.41) is 3.28. The van der Waals surface area contributed by atoms with E-state index in [1.165, 1.54) is 4.90 Å². The lowest BCUT2D eigenvalue weighted by Crippen LogP contribution is -2.54. The molecule has 5 nitrogen and oxygen atoms in total. The molecule has 0 radical (unpaired) electrons. The van der Waals surface area contributed by atoms with Crippen LogP contribution < -0.4 is 5.32 Å². The van der Waals surface area contributed by atoms with Crippen LogP contribution in [0, 0.1) is 11.8 Å². The first-order valence-corrected chi connectivity index (χ1v) is 6.00. The zero-order valence-electron chi connectivity index (χ0n) is 8.89. The van der Waals surface area contributed by atoms with Crippen molar-refractivity contribution in [3.8, 4) is 0 Å². The Morgan fingerprint density at radius 1 is 1.06 bits per heavy atom. The van der Waals surface area contributed by atoms with Gasteiger partial charge in [0, 0.05) is 19.1 Å². The number of nitrogens with one attached hydrogen (secondary N) is 1. The van der Waals surface area contributed by atoms with E-state index in [0.717, 1.165) is 13.1 Å². The summed E-state index contributed by atoms with van der Waals surface area (Å²) in [6.07, 6.45) is 0.756. The maximum absolute atomic E-state index is 12.1. The van der Waals surface area contributed by atoms with E-state index < -0.39 is 0 Å². The van der Waals surface area contributed by atoms with Crippen LogP contribution in [0.2, 0.25) is 0 Å². The third-order valence-electron chi connectivity index (χ3n) is 4.39. The van der Waals surface area contributed by atoms with Gasteiger partial charge in [0.1, 0.15) is 12.2 Å². The number of piperidine rings is 1. The zero-order chi connectivity index (χ0) is 10.9. The highest BCUT2D eigenvalue weighted by atomic mass is 16.5. The molecule has 0 aromatic carbocycles. The van der Waals surface area contributed by atoms with Crippen molar-refractivity contribution in [1.82, 2.24) is 10.2 Å². The van der Waals surface area contributed by atoms with E-state index in [2.05, 4.69) is 5.32 Å². The molecule has 4 unspecified atom stereocenters. The molecule has 4 fully saturated rings. The highest BCUT2D eigenvalue weighted by Crippen LogP contribution is 2.48. The highest BCUT2D eigenvalue weighted by Gasteiger charge is 2.62. The Bertz CT molecular complexity index is 351. The van der Waals surface area contributed by atoms with E-state index in [0.29, 0.717) is 24.7 Å². The lowest BCUT2D eigenvalue weighted by molar-refractivity contribution is -0.169. The maximum Gasteiger partial charge on any atom is 0.258 e. The molecule has 0 aromatic heterocycles. The lowest BCUT2D eigenvalue weighted by Gasteiger charge is -2.31. The van der Waals surface area contributed by atoms with Crippen LogP contribution in [0.25, 0.3) is 0 Å². The van der Waals surface area contributed by atoms with Crippen molar-refractivity contribution < 1.29 is 14.3 Å². The highest BCUT2D eigenvalue weighted by molar-refractivity contribution is 6.03. The first-order valence-electron chi connectivity index (χ1n) is 6.00. The van der Waals surface area contributed by atoms with Crippen molar-refractivity contribution in [2.45, 2.75) is 31.1 Å². The minimum absolute atomic E-state index is 0.0850. The number of ether oxygens (including phenoxy) is 1. The number of likely N-dealkylation sites (tertiary alicyclic amines) is 1. The number of imide groups is 1. The molecular weight excluding hydrogens is 208 g/mol. The number of hydrogen-bond donors (Lipinski definition) is 1. The molecule has 16 heavy (non-hydrogen) atoms. The number of amides is 2. The fraction of sp³-hybridized carbons (Fsp3) is 0.818. The van der Waals surface area contributed by atoms with Gasteiger partial charge in [0.25, 0.3) is 11.8 Å². The summed E-state index contributed by atoms with van der Waals surface area (Å²) >= 11 is 0. The SMILES string of the molecule is O=C1C2CCC(O2)C(=O)N1C1C2CNCC21. The van der Waals surface area contributed by atoms with E-state index in [4.69, 9.17) is 4.74 Å². The van der Waals surface area contributed by atoms with Crippen molar-refractivity contribution in [2.24, 2.45) is 11.8 Å². The van der Waals surface area contributed by atoms with E-state index in [1.807, 2.05) is 0 Å². The van der Waals surface area contributed by atoms with Crippen LogP contribution in [0.1, 0.15) is 12.8 Å². The molecule has 4 atom stereocenters. The average Bonchev–Trinajstić information content (AvgIpc) is 2.77. The van der Waals surface area contributed by atoms with E-state index in [9.17, 15) is 9.59 Å². The molecule has 4 aliphatic rings. The van der Waals surface area contributed by atoms with Gasteiger partial charge >= 0.3 is 0 Å². The van der Waals surface area contributed by atoms with E-state index >= 15 is 0 Å². The Morgan fingerprint density at radius 2 is 1.62 bits per heavy atom. The van der Waals surface area contributed by atoms with Gasteiger partial charge in [-0.2, -0.15) is 0 Å². The van der Waals surface area contributed by atoms with Gasteiger partial charge in [-0.05, 0) is 24.7 Å². The van der Waals surface area contributed by atoms with Crippen LogP contribution in [-0.4, -0.2) is 48.1 Å². The molecule has 3 heterocycles. The topological polar surface area (TPSA) is 58.6 Å². The first-order chi connectivity index (χ1) is 7.77. The molecule has 5 heteroatoms. The van der Waals surface area contributed by atoms with Crippen molar-refractivity contribution in [2.75, 3.05) is 13.1 Å². The van der Waals surface area contributed by atoms with Gasteiger partial charge in [-0.3, -0.25) is 14.5 Å². The monoisotopic (exact) mass is 222 g/mol. The summed E-state index contributed by atoms with van der Waals surface area (Å²) in [7, 11) is 0. The maximum atomic E-state index is 12.1. The average molecular weight is 222 g/mol. The second-order valence-electron chi connectivity index (χ2n) is 5.21. The Labute approximate surface area is 93.1 Å². The molecule has 3 saturated heterocycles. The minimum Gasteiger partial charge on any atom is -0.355 e. The quantitative estimate of drug-likeness (QED) is 0.585. The molecule has 2 bridgehead atoms. The summed E-state index contributed by atoms with van der Waals surface area (Å²) in [5.41, 5.74) is 0. The molecule has 1 aliphatic carbocycles. The number of carbonyl (C=O) groups is 2. The van der Waals surface area contributed by atoms with Gasteiger partial charge in [0.05, 0.1) is 0 Å². The van der Waals surface area contributed by atoms with Crippen LogP contribution in [-0.2, 0) is 14.3 Å². The molecular formula is C11H14N2O3. The standard InChI is InChI=1S/C11H14N2O3/c14-10-7-1-2-8(16-7)11(15)13(10)9-5-3-12-4-6(5)9/h5-9,12H,1-4H2. The second-order valence-corrected chi connectivity index (χ2v) is 5.21. The number of fused-ring (bicyclic) bond motifs is 3. The van der Waals surface area contributed by atoms with Crippen molar-refractivity contribution in [3.63, 3.8) is 0 Å². The molecule has 1 N–H and O–H groups in total. The Balaban J connectivity index is 1.63. The van der Waals surface area contributed by atoms with Gasteiger partial charge in [-0.1, -0.05) is 0 Å². The predicted octanol–water partition coefficient (Wildman–Crippen LogP) is -0.879. The summed E-state index contributed by atoms with van der Waals surface area (Å²) in [4.78, 5) is 25.7. The van der Waals surface area contributed by atoms with Gasteiger partial charge in [0.2, 0.25) is 0 Å². The molecule has 0 spiro atoms. The largest absolute Gasteiger partial charge is 0.355 e. The van der Waals surface area contributed by atoms with Crippen LogP contribution in [0.4, 0.5) is 0 Å². The minimum atomic E-state index is -0.336. The Hall–Kier alpha value is -0.940. The molecule has 4 rings (SSSR count). The van der Waals surface area contributed by atoms with Gasteiger partial charge < -0.3 is 10.1 Å². The van der Waals surface area contributed by atoms with Crippen molar-refractivity contribution >= 4 is 11.8 Å². The fourth-order valence-electron chi connectivity index (χ4n) is 3.48. The molecule has 2 amide bonds. The Kier molecular flexibility index (Phi) is 1.62. The Morgan fingerprint density at radius 3 is 2.19 bits per heavy atom. The second kappa shape index (κ2) is 2.84. The zero-order valence-corrected chi connectivity index (χ0v) is 8.89. The van der Waals surface area contributed by atoms with Crippen LogP contribution >= 0.6 is 0 Å². The molecule has 1 saturated carbocycles. The van der Waals surface area contributed by atoms with Crippen LogP contribution in [0.15, 0.2) is 0 Å². The number of nitrogens with zero attached hydrogens (tertiary/aromatic N) is 1. The van der Waals surface area contributed by atoms with Gasteiger partial charge in [-0.15, -0.1) is 0 Å². The van der Waals surface area contributed by atoms with Crippen LogP contribution in [0.5, 0.6) is 0 Å². The fourth-order valence-corrected chi connectivity index (χ4v) is 3.48. The first kappa shape index (κ1) is 9.13. The van der Waals surface area contributed by atoms with Crippen LogP contribution in [0.3, 0.4) is 0 Å². The predicted molar refractivity (Wildman–Crippen MR) is 53.4 cm³/mol. The number of rotatable bonds is 1. The number of hydrogen-bond acceptors (Lipinski definition) is 4. The summed E-state index contributed by atoms with van der Waals surface area (Å²) < 4.78 is 5.40. The molecule has 3 aliphatic heterocycles. The molecule has 86 valence electrons. The third kappa shape index (κ3) is 0.978. The van der Waals surface area contributed by atoms with Crippen molar-refractivity contribution in [1.29, 1.82) is 0 Å². The van der Waals surface area contributed by atoms with Crippen molar-refractivity contribution in [3.05, 3.63) is 0 Å². The summed E-state index contributed by atoms with van der Waals surface area (Å²) in [6.45, 7) is 1.89. The lowest BCUT2D eigenvalue weighted by atomic mass is 10.2. The summed E-state index contributed by atoms with van der Waals surface area (Å²) in [6, 6.07) is 0.174. The number of morpholine rings is 1. The van der Waals surface area contributed by atoms with E-state index in [1.54, 1.807) is 0 Å². The van der Waals surface area contributed by atoms with Gasteiger partial charge in [-0.25, -0.2) is 0 Å². The van der Waals surface area contributed by atoms with Gasteiger partial charge in [0.15, 0.2) is 0 Å². The molecule has 0 aromatic rings. The van der Waals surface area contributed by atoms with E-state index in [-0.39, 0.29) is 30.1 Å². The summed E-state index contributed by atoms with van der Waals surface area (Å²) in [5.74, 6) is 0.840. The number of carbonyl (C=O) groups excluding carboxylic acids is 2. The normalized spacial score (nSPS) is 49.8. The smallest absolute Gasteiger partial charge is 0.258 e. The third-order valence-corrected chi connectivity index (χ3v) is 4.39.